The van der Waals surface area contributed by atoms with Crippen LogP contribution in [-0.2, 0) is 11.3 Å². The van der Waals surface area contributed by atoms with Gasteiger partial charge in [0.15, 0.2) is 0 Å². The molecule has 7 nitrogen and oxygen atoms in total. The van der Waals surface area contributed by atoms with Crippen molar-refractivity contribution in [3.05, 3.63) is 65.2 Å². The monoisotopic (exact) mass is 505 g/mol. The molecule has 1 aliphatic carbocycles. The summed E-state index contributed by atoms with van der Waals surface area (Å²) in [7, 11) is 1.67. The fraction of sp³-hybridized carbons (Fsp3) is 0.533. The zero-order chi connectivity index (χ0) is 26.2. The van der Waals surface area contributed by atoms with Crippen LogP contribution in [0.1, 0.15) is 68.2 Å². The van der Waals surface area contributed by atoms with Gasteiger partial charge in [0.05, 0.1) is 19.7 Å². The number of nitrogens with zero attached hydrogens (tertiary/aromatic N) is 3. The number of ether oxygens (including phenoxy) is 1. The molecule has 2 aromatic rings. The molecule has 2 amide bonds. The van der Waals surface area contributed by atoms with Crippen molar-refractivity contribution in [2.45, 2.75) is 64.1 Å². The maximum atomic E-state index is 13.8. The second kappa shape index (κ2) is 10.4. The van der Waals surface area contributed by atoms with Crippen molar-refractivity contribution in [2.75, 3.05) is 33.3 Å². The molecule has 1 spiro atoms. The number of carbonyl (C=O) groups is 2. The normalized spacial score (nSPS) is 22.4. The van der Waals surface area contributed by atoms with E-state index in [0.29, 0.717) is 25.6 Å². The molecule has 3 fully saturated rings. The van der Waals surface area contributed by atoms with Gasteiger partial charge >= 0.3 is 6.09 Å². The summed E-state index contributed by atoms with van der Waals surface area (Å²) in [4.78, 5) is 31.2. The van der Waals surface area contributed by atoms with Gasteiger partial charge in [0.25, 0.3) is 0 Å². The molecule has 0 radical (unpaired) electrons. The van der Waals surface area contributed by atoms with Crippen molar-refractivity contribution in [2.24, 2.45) is 5.41 Å². The fourth-order valence-electron chi connectivity index (χ4n) is 6.72. The molecule has 1 N–H and O–H groups in total. The van der Waals surface area contributed by atoms with Gasteiger partial charge in [0, 0.05) is 32.2 Å². The second-order valence-corrected chi connectivity index (χ2v) is 11.4. The van der Waals surface area contributed by atoms with E-state index in [2.05, 4.69) is 60.0 Å². The first kappa shape index (κ1) is 25.6. The number of carboxylic acid groups (broad SMARTS) is 1. The summed E-state index contributed by atoms with van der Waals surface area (Å²) >= 11 is 0. The van der Waals surface area contributed by atoms with Crippen molar-refractivity contribution in [1.29, 1.82) is 0 Å². The zero-order valence-corrected chi connectivity index (χ0v) is 22.2. The molecular weight excluding hydrogens is 466 g/mol. The fourth-order valence-corrected chi connectivity index (χ4v) is 6.72. The van der Waals surface area contributed by atoms with Crippen LogP contribution in [0.15, 0.2) is 48.5 Å². The topological polar surface area (TPSA) is 73.3 Å². The number of piperidine rings is 1. The first-order chi connectivity index (χ1) is 17.8. The van der Waals surface area contributed by atoms with Gasteiger partial charge in [0.2, 0.25) is 5.91 Å². The van der Waals surface area contributed by atoms with Crippen LogP contribution in [0, 0.1) is 5.41 Å². The molecule has 3 aliphatic rings. The van der Waals surface area contributed by atoms with E-state index in [4.69, 9.17) is 4.74 Å². The quantitative estimate of drug-likeness (QED) is 0.590. The summed E-state index contributed by atoms with van der Waals surface area (Å²) in [5, 5.41) is 9.34. The Labute approximate surface area is 220 Å². The van der Waals surface area contributed by atoms with Crippen molar-refractivity contribution in [3.8, 4) is 5.75 Å². The van der Waals surface area contributed by atoms with Crippen LogP contribution in [0.5, 0.6) is 5.75 Å². The smallest absolute Gasteiger partial charge is 0.407 e. The van der Waals surface area contributed by atoms with Gasteiger partial charge in [-0.1, -0.05) is 50.2 Å². The Morgan fingerprint density at radius 1 is 1.08 bits per heavy atom. The third-order valence-electron chi connectivity index (χ3n) is 8.78. The Morgan fingerprint density at radius 2 is 1.76 bits per heavy atom. The van der Waals surface area contributed by atoms with E-state index in [1.165, 1.54) is 21.6 Å². The number of piperazine rings is 1. The van der Waals surface area contributed by atoms with Crippen LogP contribution < -0.4 is 4.74 Å². The van der Waals surface area contributed by atoms with Crippen LogP contribution >= 0.6 is 0 Å². The molecule has 1 saturated carbocycles. The summed E-state index contributed by atoms with van der Waals surface area (Å²) in [6.45, 7) is 7.59. The summed E-state index contributed by atoms with van der Waals surface area (Å²) in [5.41, 5.74) is 3.91. The molecule has 198 valence electrons. The number of likely N-dealkylation sites (tertiary alicyclic amines) is 1. The SMILES string of the molecule is COc1ccc(CN2CC(=O)N(C3CC4(CCN(C(=O)O)CC4)C3)C(c3ccccc3C(C)C)C2)cc1. The van der Waals surface area contributed by atoms with Crippen LogP contribution in [0.2, 0.25) is 0 Å². The first-order valence-corrected chi connectivity index (χ1v) is 13.5. The lowest BCUT2D eigenvalue weighted by molar-refractivity contribution is -0.153. The molecule has 7 heteroatoms. The summed E-state index contributed by atoms with van der Waals surface area (Å²) < 4.78 is 5.30. The summed E-state index contributed by atoms with van der Waals surface area (Å²) in [6, 6.07) is 16.9. The molecule has 1 unspecified atom stereocenters. The van der Waals surface area contributed by atoms with E-state index in [-0.39, 0.29) is 23.4 Å². The van der Waals surface area contributed by atoms with E-state index in [1.54, 1.807) is 7.11 Å². The van der Waals surface area contributed by atoms with E-state index in [1.807, 2.05) is 12.1 Å². The number of hydrogen-bond donors (Lipinski definition) is 1. The zero-order valence-electron chi connectivity index (χ0n) is 22.2. The molecule has 5 rings (SSSR count). The van der Waals surface area contributed by atoms with Gasteiger partial charge < -0.3 is 19.6 Å². The highest BCUT2D eigenvalue weighted by molar-refractivity contribution is 5.80. The predicted octanol–water partition coefficient (Wildman–Crippen LogP) is 5.13. The standard InChI is InChI=1S/C30H39N3O4/c1-21(2)25-6-4-5-7-26(25)27-19-31(18-22-8-10-24(37-3)11-9-22)20-28(34)33(27)23-16-30(17-23)12-14-32(15-13-30)29(35)36/h4-11,21,23,27H,12-20H2,1-3H3,(H,35,36). The largest absolute Gasteiger partial charge is 0.497 e. The van der Waals surface area contributed by atoms with Gasteiger partial charge in [-0.15, -0.1) is 0 Å². The number of benzene rings is 2. The maximum Gasteiger partial charge on any atom is 0.407 e. The highest BCUT2D eigenvalue weighted by Gasteiger charge is 2.52. The molecule has 2 saturated heterocycles. The lowest BCUT2D eigenvalue weighted by atomic mass is 9.59. The average molecular weight is 506 g/mol. The predicted molar refractivity (Wildman–Crippen MR) is 143 cm³/mol. The van der Waals surface area contributed by atoms with Gasteiger partial charge in [-0.25, -0.2) is 4.79 Å². The molecule has 1 atom stereocenters. The molecule has 0 bridgehead atoms. The van der Waals surface area contributed by atoms with Crippen molar-refractivity contribution >= 4 is 12.0 Å². The minimum atomic E-state index is -0.820. The minimum absolute atomic E-state index is 0.0135. The molecule has 2 aliphatic heterocycles. The van der Waals surface area contributed by atoms with Crippen molar-refractivity contribution < 1.29 is 19.4 Å². The highest BCUT2D eigenvalue weighted by atomic mass is 16.5. The molecule has 2 aromatic carbocycles. The third-order valence-corrected chi connectivity index (χ3v) is 8.78. The van der Waals surface area contributed by atoms with Crippen LogP contribution in [0.4, 0.5) is 4.79 Å². The maximum absolute atomic E-state index is 13.8. The Balaban J connectivity index is 1.36. The minimum Gasteiger partial charge on any atom is -0.497 e. The first-order valence-electron chi connectivity index (χ1n) is 13.5. The molecule has 37 heavy (non-hydrogen) atoms. The Morgan fingerprint density at radius 3 is 2.38 bits per heavy atom. The Kier molecular flexibility index (Phi) is 7.17. The lowest BCUT2D eigenvalue weighted by Gasteiger charge is -2.58. The average Bonchev–Trinajstić information content (AvgIpc) is 2.87. The second-order valence-electron chi connectivity index (χ2n) is 11.4. The number of methoxy groups -OCH3 is 1. The van der Waals surface area contributed by atoms with E-state index in [9.17, 15) is 14.7 Å². The third kappa shape index (κ3) is 5.19. The number of hydrogen-bond acceptors (Lipinski definition) is 4. The van der Waals surface area contributed by atoms with Crippen LogP contribution in [0.25, 0.3) is 0 Å². The summed E-state index contributed by atoms with van der Waals surface area (Å²) in [5.74, 6) is 1.41. The number of rotatable bonds is 6. The number of amides is 2. The molecular formula is C30H39N3O4. The van der Waals surface area contributed by atoms with Crippen LogP contribution in [-0.4, -0.2) is 71.1 Å². The Hall–Kier alpha value is -3.06. The van der Waals surface area contributed by atoms with Gasteiger partial charge in [-0.3, -0.25) is 9.69 Å². The number of carbonyl (C=O) groups excluding carboxylic acids is 1. The van der Waals surface area contributed by atoms with E-state index >= 15 is 0 Å². The Bertz CT molecular complexity index is 1120. The highest BCUT2D eigenvalue weighted by Crippen LogP contribution is 2.53. The van der Waals surface area contributed by atoms with Gasteiger partial charge in [0.1, 0.15) is 5.75 Å². The van der Waals surface area contributed by atoms with Gasteiger partial charge in [-0.05, 0) is 65.8 Å². The van der Waals surface area contributed by atoms with Crippen molar-refractivity contribution in [1.82, 2.24) is 14.7 Å². The summed E-state index contributed by atoms with van der Waals surface area (Å²) in [6.07, 6.45) is 2.93. The molecule has 0 aromatic heterocycles. The van der Waals surface area contributed by atoms with Gasteiger partial charge in [-0.2, -0.15) is 0 Å². The molecule has 2 heterocycles. The van der Waals surface area contributed by atoms with E-state index < -0.39 is 6.09 Å². The van der Waals surface area contributed by atoms with E-state index in [0.717, 1.165) is 44.5 Å². The van der Waals surface area contributed by atoms with Crippen molar-refractivity contribution in [3.63, 3.8) is 0 Å². The lowest BCUT2D eigenvalue weighted by Crippen LogP contribution is -2.62. The van der Waals surface area contributed by atoms with Crippen LogP contribution in [0.3, 0.4) is 0 Å².